The molecule has 0 aromatic rings. The number of carboxylic acids is 1. The Kier molecular flexibility index (Phi) is 7.87. The molecule has 0 aromatic carbocycles. The Bertz CT molecular complexity index is 348. The van der Waals surface area contributed by atoms with Crippen LogP contribution in [0, 0.1) is 5.41 Å². The molecule has 0 aromatic heterocycles. The summed E-state index contributed by atoms with van der Waals surface area (Å²) in [6.07, 6.45) is 2.27. The van der Waals surface area contributed by atoms with E-state index in [-0.39, 0.29) is 18.2 Å². The molecule has 1 atom stereocenters. The van der Waals surface area contributed by atoms with Gasteiger partial charge in [0.1, 0.15) is 6.04 Å². The second kappa shape index (κ2) is 8.55. The lowest BCUT2D eigenvalue weighted by Gasteiger charge is -2.21. The quantitative estimate of drug-likeness (QED) is 0.586. The summed E-state index contributed by atoms with van der Waals surface area (Å²) in [7, 11) is 0. The number of amides is 2. The molecule has 0 heterocycles. The van der Waals surface area contributed by atoms with Gasteiger partial charge in [0.15, 0.2) is 0 Å². The van der Waals surface area contributed by atoms with Crippen molar-refractivity contribution in [3.63, 3.8) is 0 Å². The second-order valence-electron chi connectivity index (χ2n) is 5.94. The summed E-state index contributed by atoms with van der Waals surface area (Å²) in [5, 5.41) is 13.9. The van der Waals surface area contributed by atoms with Crippen molar-refractivity contribution in [3.05, 3.63) is 0 Å². The highest BCUT2D eigenvalue weighted by molar-refractivity contribution is 5.89. The van der Waals surface area contributed by atoms with E-state index in [1.54, 1.807) is 27.7 Å². The SMILES string of the molecule is CC(NC(=O)C(C)(C)C)C(=O)NCCCCCC(=O)O. The molecule has 0 aliphatic rings. The smallest absolute Gasteiger partial charge is 0.303 e. The van der Waals surface area contributed by atoms with Gasteiger partial charge in [-0.1, -0.05) is 27.2 Å². The van der Waals surface area contributed by atoms with E-state index >= 15 is 0 Å². The Balaban J connectivity index is 3.81. The lowest BCUT2D eigenvalue weighted by Crippen LogP contribution is -2.48. The van der Waals surface area contributed by atoms with Crippen LogP contribution in [0.3, 0.4) is 0 Å². The molecule has 0 fully saturated rings. The van der Waals surface area contributed by atoms with Gasteiger partial charge in [-0.05, 0) is 19.8 Å². The monoisotopic (exact) mass is 286 g/mol. The van der Waals surface area contributed by atoms with Crippen molar-refractivity contribution in [1.82, 2.24) is 10.6 Å². The first-order valence-corrected chi connectivity index (χ1v) is 6.95. The third kappa shape index (κ3) is 8.50. The number of carbonyl (C=O) groups excluding carboxylic acids is 2. The molecule has 3 N–H and O–H groups in total. The molecular formula is C14H26N2O4. The van der Waals surface area contributed by atoms with Crippen molar-refractivity contribution in [2.45, 2.75) is 59.4 Å². The average Bonchev–Trinajstić information content (AvgIpc) is 2.31. The summed E-state index contributed by atoms with van der Waals surface area (Å²) in [6.45, 7) is 7.50. The summed E-state index contributed by atoms with van der Waals surface area (Å²) < 4.78 is 0. The second-order valence-corrected chi connectivity index (χ2v) is 5.94. The van der Waals surface area contributed by atoms with Crippen molar-refractivity contribution < 1.29 is 19.5 Å². The molecule has 0 aliphatic heterocycles. The van der Waals surface area contributed by atoms with Crippen LogP contribution in [-0.4, -0.2) is 35.5 Å². The summed E-state index contributed by atoms with van der Waals surface area (Å²) in [5.74, 6) is -1.19. The number of nitrogens with one attached hydrogen (secondary N) is 2. The molecule has 0 spiro atoms. The van der Waals surface area contributed by atoms with E-state index in [9.17, 15) is 14.4 Å². The fraction of sp³-hybridized carbons (Fsp3) is 0.786. The summed E-state index contributed by atoms with van der Waals surface area (Å²) >= 11 is 0. The molecule has 0 rings (SSSR count). The van der Waals surface area contributed by atoms with Crippen molar-refractivity contribution in [1.29, 1.82) is 0 Å². The van der Waals surface area contributed by atoms with Crippen LogP contribution in [0.15, 0.2) is 0 Å². The van der Waals surface area contributed by atoms with Crippen molar-refractivity contribution >= 4 is 17.8 Å². The topological polar surface area (TPSA) is 95.5 Å². The summed E-state index contributed by atoms with van der Waals surface area (Å²) in [6, 6.07) is -0.569. The number of carboxylic acid groups (broad SMARTS) is 1. The maximum Gasteiger partial charge on any atom is 0.303 e. The number of carbonyl (C=O) groups is 3. The highest BCUT2D eigenvalue weighted by Crippen LogP contribution is 2.12. The lowest BCUT2D eigenvalue weighted by atomic mass is 9.95. The highest BCUT2D eigenvalue weighted by atomic mass is 16.4. The zero-order valence-electron chi connectivity index (χ0n) is 12.8. The van der Waals surface area contributed by atoms with Gasteiger partial charge in [0, 0.05) is 18.4 Å². The minimum absolute atomic E-state index is 0.159. The third-order valence-corrected chi connectivity index (χ3v) is 2.79. The van der Waals surface area contributed by atoms with Crippen LogP contribution in [-0.2, 0) is 14.4 Å². The summed E-state index contributed by atoms with van der Waals surface area (Å²) in [5.41, 5.74) is -0.522. The largest absolute Gasteiger partial charge is 0.481 e. The number of rotatable bonds is 8. The third-order valence-electron chi connectivity index (χ3n) is 2.79. The van der Waals surface area contributed by atoms with Gasteiger partial charge in [-0.2, -0.15) is 0 Å². The minimum Gasteiger partial charge on any atom is -0.481 e. The number of hydrogen-bond acceptors (Lipinski definition) is 3. The van der Waals surface area contributed by atoms with Crippen LogP contribution < -0.4 is 10.6 Å². The predicted octanol–water partition coefficient (Wildman–Crippen LogP) is 1.30. The van der Waals surface area contributed by atoms with Gasteiger partial charge in [0.05, 0.1) is 0 Å². The Morgan fingerprint density at radius 3 is 2.20 bits per heavy atom. The van der Waals surface area contributed by atoms with Gasteiger partial charge in [-0.3, -0.25) is 14.4 Å². The van der Waals surface area contributed by atoms with Gasteiger partial charge in [0.25, 0.3) is 0 Å². The molecule has 20 heavy (non-hydrogen) atoms. The van der Waals surface area contributed by atoms with Crippen molar-refractivity contribution in [2.75, 3.05) is 6.54 Å². The molecule has 0 radical (unpaired) electrons. The lowest BCUT2D eigenvalue weighted by molar-refractivity contribution is -0.137. The van der Waals surface area contributed by atoms with E-state index in [0.29, 0.717) is 13.0 Å². The standard InChI is InChI=1S/C14H26N2O4/c1-10(16-13(20)14(2,3)4)12(19)15-9-7-5-6-8-11(17)18/h10H,5-9H2,1-4H3,(H,15,19)(H,16,20)(H,17,18). The maximum absolute atomic E-state index is 11.7. The van der Waals surface area contributed by atoms with Gasteiger partial charge < -0.3 is 15.7 Å². The molecule has 2 amide bonds. The zero-order chi connectivity index (χ0) is 15.8. The van der Waals surface area contributed by atoms with E-state index in [2.05, 4.69) is 10.6 Å². The van der Waals surface area contributed by atoms with Crippen LogP contribution in [0.1, 0.15) is 53.4 Å². The Morgan fingerprint density at radius 1 is 1.10 bits per heavy atom. The number of hydrogen-bond donors (Lipinski definition) is 3. The summed E-state index contributed by atoms with van der Waals surface area (Å²) in [4.78, 5) is 33.7. The zero-order valence-corrected chi connectivity index (χ0v) is 12.8. The number of aliphatic carboxylic acids is 1. The average molecular weight is 286 g/mol. The van der Waals surface area contributed by atoms with Crippen molar-refractivity contribution in [3.8, 4) is 0 Å². The van der Waals surface area contributed by atoms with Gasteiger partial charge >= 0.3 is 5.97 Å². The molecule has 0 saturated heterocycles. The van der Waals surface area contributed by atoms with E-state index in [0.717, 1.165) is 12.8 Å². The molecule has 6 heteroatoms. The van der Waals surface area contributed by atoms with Crippen LogP contribution in [0.5, 0.6) is 0 Å². The van der Waals surface area contributed by atoms with E-state index in [4.69, 9.17) is 5.11 Å². The van der Waals surface area contributed by atoms with Crippen LogP contribution in [0.4, 0.5) is 0 Å². The fourth-order valence-corrected chi connectivity index (χ4v) is 1.42. The van der Waals surface area contributed by atoms with E-state index < -0.39 is 17.4 Å². The van der Waals surface area contributed by atoms with Gasteiger partial charge in [0.2, 0.25) is 11.8 Å². The number of unbranched alkanes of at least 4 members (excludes halogenated alkanes) is 2. The Labute approximate surface area is 120 Å². The first kappa shape index (κ1) is 18.4. The molecule has 1 unspecified atom stereocenters. The molecule has 116 valence electrons. The minimum atomic E-state index is -0.799. The molecular weight excluding hydrogens is 260 g/mol. The fourth-order valence-electron chi connectivity index (χ4n) is 1.42. The van der Waals surface area contributed by atoms with E-state index in [1.807, 2.05) is 0 Å². The van der Waals surface area contributed by atoms with Crippen molar-refractivity contribution in [2.24, 2.45) is 5.41 Å². The molecule has 0 saturated carbocycles. The first-order chi connectivity index (χ1) is 9.14. The first-order valence-electron chi connectivity index (χ1n) is 6.95. The van der Waals surface area contributed by atoms with Crippen LogP contribution in [0.25, 0.3) is 0 Å². The van der Waals surface area contributed by atoms with Gasteiger partial charge in [-0.15, -0.1) is 0 Å². The Morgan fingerprint density at radius 2 is 1.70 bits per heavy atom. The Hall–Kier alpha value is -1.59. The molecule has 0 bridgehead atoms. The van der Waals surface area contributed by atoms with Crippen LogP contribution in [0.2, 0.25) is 0 Å². The van der Waals surface area contributed by atoms with Gasteiger partial charge in [-0.25, -0.2) is 0 Å². The highest BCUT2D eigenvalue weighted by Gasteiger charge is 2.24. The molecule has 0 aliphatic carbocycles. The normalized spacial score (nSPS) is 12.6. The molecule has 6 nitrogen and oxygen atoms in total. The maximum atomic E-state index is 11.7. The van der Waals surface area contributed by atoms with E-state index in [1.165, 1.54) is 0 Å². The van der Waals surface area contributed by atoms with Crippen LogP contribution >= 0.6 is 0 Å². The predicted molar refractivity (Wildman–Crippen MR) is 76.2 cm³/mol.